The van der Waals surface area contributed by atoms with Crippen molar-refractivity contribution >= 4 is 61.9 Å². The number of nitrogens with zero attached hydrogens (tertiary/aromatic N) is 5. The molecule has 0 spiro atoms. The van der Waals surface area contributed by atoms with Crippen LogP contribution >= 0.6 is 23.4 Å². The number of carbonyl (C=O) groups excluding carboxylic acids is 1. The van der Waals surface area contributed by atoms with Crippen molar-refractivity contribution in [3.8, 4) is 0 Å². The Kier molecular flexibility index (Phi) is 16.6. The minimum atomic E-state index is -4.44. The standard InChI is InChI=1S/C51H65ClN8O5S2/c1-51(38-58-28-23-53-24-29-58)22-20-47(39-10-14-42(52)15-11-39)41(35-51)36-57-30-32-59(33-31-57)44-16-12-40(13-17-44)50(61)55-67(64,65)46-18-19-48(49(34-46)60(62)63)54-43(21-27-56-25-6-3-7-26-56)37-66-45-8-4-2-5-9-45/h2,4-5,8-19,34,43,53-54H,3,6-7,20-33,35-38H2,1H3,(H,55,61). The van der Waals surface area contributed by atoms with E-state index in [1.54, 1.807) is 23.9 Å². The molecule has 8 rings (SSSR count). The van der Waals surface area contributed by atoms with Gasteiger partial charge in [-0.15, -0.1) is 11.8 Å². The van der Waals surface area contributed by atoms with Crippen LogP contribution in [-0.2, 0) is 10.0 Å². The first-order valence-corrected chi connectivity index (χ1v) is 26.7. The molecule has 3 N–H and O–H groups in total. The molecule has 0 radical (unpaired) electrons. The van der Waals surface area contributed by atoms with Gasteiger partial charge in [-0.2, -0.15) is 0 Å². The van der Waals surface area contributed by atoms with Crippen molar-refractivity contribution in [2.24, 2.45) is 5.41 Å². The van der Waals surface area contributed by atoms with Crippen LogP contribution in [0.2, 0.25) is 5.02 Å². The van der Waals surface area contributed by atoms with Crippen LogP contribution in [0.15, 0.2) is 112 Å². The summed E-state index contributed by atoms with van der Waals surface area (Å²) in [6.45, 7) is 15.2. The van der Waals surface area contributed by atoms with Gasteiger partial charge in [0, 0.05) is 111 Å². The molecule has 3 saturated heterocycles. The zero-order chi connectivity index (χ0) is 46.8. The predicted octanol–water partition coefficient (Wildman–Crippen LogP) is 8.49. The van der Waals surface area contributed by atoms with E-state index in [-0.39, 0.29) is 33.3 Å². The highest BCUT2D eigenvalue weighted by Gasteiger charge is 2.35. The smallest absolute Gasteiger partial charge is 0.293 e. The SMILES string of the molecule is CC1(CN2CCNCC2)CCC(c2ccc(Cl)cc2)=C(CN2CCN(c3ccc(C(=O)NS(=O)(=O)c4ccc(NC(CCN5CCCCC5)CSc5ccccc5)c([N+](=O)[O-])c4)cc3)CC2)C1. The Morgan fingerprint density at radius 3 is 2.28 bits per heavy atom. The number of rotatable bonds is 18. The molecule has 3 heterocycles. The molecule has 358 valence electrons. The van der Waals surface area contributed by atoms with E-state index in [9.17, 15) is 23.3 Å². The van der Waals surface area contributed by atoms with Gasteiger partial charge in [-0.3, -0.25) is 19.8 Å². The molecular formula is C51H65ClN8O5S2. The maximum atomic E-state index is 13.6. The molecule has 4 aromatic rings. The van der Waals surface area contributed by atoms with E-state index < -0.39 is 20.9 Å². The molecule has 4 aromatic carbocycles. The average molecular weight is 970 g/mol. The van der Waals surface area contributed by atoms with Crippen LogP contribution in [0.25, 0.3) is 5.57 Å². The van der Waals surface area contributed by atoms with Crippen LogP contribution in [0.4, 0.5) is 17.1 Å². The summed E-state index contributed by atoms with van der Waals surface area (Å²) in [5.74, 6) is -0.138. The van der Waals surface area contributed by atoms with Crippen LogP contribution in [0.3, 0.4) is 0 Å². The summed E-state index contributed by atoms with van der Waals surface area (Å²) in [5.41, 5.74) is 5.46. The Labute approximate surface area is 405 Å². The zero-order valence-corrected chi connectivity index (χ0v) is 41.0. The fourth-order valence-corrected chi connectivity index (χ4v) is 12.2. The molecule has 13 nitrogen and oxygen atoms in total. The van der Waals surface area contributed by atoms with Gasteiger partial charge in [0.05, 0.1) is 9.82 Å². The number of likely N-dealkylation sites (tertiary alicyclic amines) is 1. The lowest BCUT2D eigenvalue weighted by Crippen LogP contribution is -2.49. The number of amides is 1. The van der Waals surface area contributed by atoms with Gasteiger partial charge in [0.25, 0.3) is 21.6 Å². The topological polar surface area (TPSA) is 143 Å². The van der Waals surface area contributed by atoms with Crippen molar-refractivity contribution in [1.29, 1.82) is 0 Å². The van der Waals surface area contributed by atoms with Crippen LogP contribution in [0.1, 0.15) is 67.8 Å². The van der Waals surface area contributed by atoms with Crippen LogP contribution in [0.5, 0.6) is 0 Å². The van der Waals surface area contributed by atoms with Gasteiger partial charge in [-0.25, -0.2) is 13.1 Å². The van der Waals surface area contributed by atoms with Crippen molar-refractivity contribution < 1.29 is 18.1 Å². The molecule has 1 amide bonds. The van der Waals surface area contributed by atoms with Gasteiger partial charge in [-0.1, -0.05) is 60.9 Å². The molecule has 16 heteroatoms. The third-order valence-electron chi connectivity index (χ3n) is 13.8. The van der Waals surface area contributed by atoms with E-state index in [1.165, 1.54) is 48.1 Å². The first-order chi connectivity index (χ1) is 32.4. The van der Waals surface area contributed by atoms with Gasteiger partial charge in [0.2, 0.25) is 0 Å². The van der Waals surface area contributed by atoms with Gasteiger partial charge in [0.1, 0.15) is 5.69 Å². The van der Waals surface area contributed by atoms with Gasteiger partial charge in [0.15, 0.2) is 0 Å². The Morgan fingerprint density at radius 1 is 0.866 bits per heavy atom. The first-order valence-electron chi connectivity index (χ1n) is 23.9. The highest BCUT2D eigenvalue weighted by atomic mass is 35.5. The number of sulfonamides is 1. The summed E-state index contributed by atoms with van der Waals surface area (Å²) in [6, 6.07) is 29.0. The number of allylic oxidation sites excluding steroid dienone is 1. The van der Waals surface area contributed by atoms with E-state index >= 15 is 0 Å². The highest BCUT2D eigenvalue weighted by molar-refractivity contribution is 7.99. The van der Waals surface area contributed by atoms with Crippen molar-refractivity contribution in [3.05, 3.63) is 129 Å². The number of carbonyl (C=O) groups is 1. The van der Waals surface area contributed by atoms with Crippen LogP contribution in [-0.4, -0.2) is 131 Å². The Balaban J connectivity index is 0.878. The third kappa shape index (κ3) is 13.4. The largest absolute Gasteiger partial charge is 0.376 e. The zero-order valence-electron chi connectivity index (χ0n) is 38.6. The average Bonchev–Trinajstić information content (AvgIpc) is 3.34. The molecule has 2 unspecified atom stereocenters. The van der Waals surface area contributed by atoms with Gasteiger partial charge >= 0.3 is 0 Å². The quantitative estimate of drug-likeness (QED) is 0.0500. The summed E-state index contributed by atoms with van der Waals surface area (Å²) in [4.78, 5) is 35.9. The molecule has 0 bridgehead atoms. The Morgan fingerprint density at radius 2 is 1.58 bits per heavy atom. The monoisotopic (exact) mass is 968 g/mol. The van der Waals surface area contributed by atoms with Crippen molar-refractivity contribution in [3.63, 3.8) is 0 Å². The molecule has 67 heavy (non-hydrogen) atoms. The first kappa shape index (κ1) is 49.0. The number of benzene rings is 4. The van der Waals surface area contributed by atoms with Crippen molar-refractivity contribution in [2.75, 3.05) is 101 Å². The summed E-state index contributed by atoms with van der Waals surface area (Å²) < 4.78 is 29.3. The van der Waals surface area contributed by atoms with E-state index in [0.717, 1.165) is 132 Å². The second-order valence-electron chi connectivity index (χ2n) is 18.9. The number of nitro benzene ring substituents is 1. The number of halogens is 1. The number of nitro groups is 1. The van der Waals surface area contributed by atoms with Gasteiger partial charge < -0.3 is 25.3 Å². The molecule has 1 aliphatic carbocycles. The van der Waals surface area contributed by atoms with Gasteiger partial charge in [-0.05, 0) is 129 Å². The number of piperidine rings is 1. The second kappa shape index (κ2) is 22.8. The summed E-state index contributed by atoms with van der Waals surface area (Å²) in [7, 11) is -4.44. The van der Waals surface area contributed by atoms with E-state index in [1.807, 2.05) is 54.6 Å². The van der Waals surface area contributed by atoms with Crippen molar-refractivity contribution in [1.82, 2.24) is 24.7 Å². The molecule has 3 aliphatic heterocycles. The minimum Gasteiger partial charge on any atom is -0.376 e. The number of anilines is 2. The number of thioether (sulfide) groups is 1. The number of piperazine rings is 2. The summed E-state index contributed by atoms with van der Waals surface area (Å²) in [5, 5.41) is 20.0. The lowest BCUT2D eigenvalue weighted by atomic mass is 9.71. The van der Waals surface area contributed by atoms with Crippen molar-refractivity contribution in [2.45, 2.75) is 67.7 Å². The molecule has 0 saturated carbocycles. The molecule has 4 aliphatic rings. The third-order valence-corrected chi connectivity index (χ3v) is 16.6. The lowest BCUT2D eigenvalue weighted by Gasteiger charge is -2.43. The number of hydrogen-bond donors (Lipinski definition) is 3. The molecular weight excluding hydrogens is 904 g/mol. The van der Waals surface area contributed by atoms with E-state index in [0.29, 0.717) is 5.75 Å². The highest BCUT2D eigenvalue weighted by Crippen LogP contribution is 2.44. The molecule has 3 fully saturated rings. The Bertz CT molecular complexity index is 2440. The minimum absolute atomic E-state index is 0.114. The predicted molar refractivity (Wildman–Crippen MR) is 272 cm³/mol. The second-order valence-corrected chi connectivity index (χ2v) is 22.2. The normalized spacial score (nSPS) is 20.7. The number of hydrogen-bond acceptors (Lipinski definition) is 12. The molecule has 2 atom stereocenters. The van der Waals surface area contributed by atoms with Crippen LogP contribution in [0, 0.1) is 15.5 Å². The lowest BCUT2D eigenvalue weighted by molar-refractivity contribution is -0.384. The van der Waals surface area contributed by atoms with Crippen LogP contribution < -0.4 is 20.3 Å². The molecule has 0 aromatic heterocycles. The fourth-order valence-electron chi connectivity index (χ4n) is 10.1. The van der Waals surface area contributed by atoms with E-state index in [2.05, 4.69) is 54.0 Å². The Hall–Kier alpha value is -4.48. The van der Waals surface area contributed by atoms with E-state index in [4.69, 9.17) is 11.6 Å². The maximum Gasteiger partial charge on any atom is 0.293 e. The number of nitrogens with one attached hydrogen (secondary N) is 3. The summed E-state index contributed by atoms with van der Waals surface area (Å²) >= 11 is 7.97. The fraction of sp³-hybridized carbons (Fsp3) is 0.471. The maximum absolute atomic E-state index is 13.6. The summed E-state index contributed by atoms with van der Waals surface area (Å²) in [6.07, 6.45) is 7.63.